The molecule has 0 spiro atoms. The van der Waals surface area contributed by atoms with Crippen LogP contribution in [-0.2, 0) is 13.1 Å². The maximum atomic E-state index is 11.8. The molecule has 2 aromatic rings. The predicted molar refractivity (Wildman–Crippen MR) is 85.8 cm³/mol. The molecule has 0 saturated heterocycles. The van der Waals surface area contributed by atoms with Crippen molar-refractivity contribution in [2.45, 2.75) is 26.9 Å². The number of nitrogens with one attached hydrogen (secondary N) is 2. The Labute approximate surface area is 135 Å². The minimum absolute atomic E-state index is 0.187. The fourth-order valence-electron chi connectivity index (χ4n) is 1.92. The summed E-state index contributed by atoms with van der Waals surface area (Å²) in [5.41, 5.74) is 1.67. The number of para-hydroxylation sites is 1. The van der Waals surface area contributed by atoms with Crippen molar-refractivity contribution < 1.29 is 13.9 Å². The van der Waals surface area contributed by atoms with Gasteiger partial charge in [-0.25, -0.2) is 9.78 Å². The standard InChI is InChI=1S/C17H19N3O3/c1-4-9-22-15-8-6-5-7-14(15)10-18-17(21)19-11-16-20-12(2)13(3)23-16/h1,5-8H,9-11H2,2-3H3,(H2,18,19,21). The van der Waals surface area contributed by atoms with Crippen molar-refractivity contribution in [3.63, 3.8) is 0 Å². The molecule has 1 aromatic heterocycles. The molecule has 0 saturated carbocycles. The van der Waals surface area contributed by atoms with E-state index in [1.165, 1.54) is 0 Å². The Kier molecular flexibility index (Phi) is 5.64. The van der Waals surface area contributed by atoms with Crippen molar-refractivity contribution in [2.24, 2.45) is 0 Å². The van der Waals surface area contributed by atoms with Crippen molar-refractivity contribution in [1.29, 1.82) is 0 Å². The summed E-state index contributed by atoms with van der Waals surface area (Å²) in [4.78, 5) is 16.0. The number of nitrogens with zero attached hydrogens (tertiary/aromatic N) is 1. The van der Waals surface area contributed by atoms with Crippen LogP contribution in [0.15, 0.2) is 28.7 Å². The lowest BCUT2D eigenvalue weighted by atomic mass is 10.2. The van der Waals surface area contributed by atoms with Crippen LogP contribution < -0.4 is 15.4 Å². The molecule has 6 heteroatoms. The largest absolute Gasteiger partial charge is 0.481 e. The van der Waals surface area contributed by atoms with E-state index in [9.17, 15) is 4.79 Å². The maximum Gasteiger partial charge on any atom is 0.315 e. The quantitative estimate of drug-likeness (QED) is 0.802. The maximum absolute atomic E-state index is 11.8. The molecule has 0 aliphatic rings. The number of benzene rings is 1. The van der Waals surface area contributed by atoms with Crippen molar-refractivity contribution in [2.75, 3.05) is 6.61 Å². The van der Waals surface area contributed by atoms with Gasteiger partial charge in [0.2, 0.25) is 5.89 Å². The van der Waals surface area contributed by atoms with Gasteiger partial charge in [0, 0.05) is 12.1 Å². The molecular formula is C17H19N3O3. The van der Waals surface area contributed by atoms with E-state index in [0.29, 0.717) is 18.2 Å². The van der Waals surface area contributed by atoms with Crippen LogP contribution in [0.2, 0.25) is 0 Å². The first-order valence-electron chi connectivity index (χ1n) is 7.19. The van der Waals surface area contributed by atoms with E-state index in [0.717, 1.165) is 17.0 Å². The Morgan fingerprint density at radius 2 is 2.04 bits per heavy atom. The van der Waals surface area contributed by atoms with Gasteiger partial charge in [-0.15, -0.1) is 6.42 Å². The molecule has 2 amide bonds. The number of amides is 2. The lowest BCUT2D eigenvalue weighted by Crippen LogP contribution is -2.34. The number of hydrogen-bond donors (Lipinski definition) is 2. The number of carbonyl (C=O) groups is 1. The fourth-order valence-corrected chi connectivity index (χ4v) is 1.92. The summed E-state index contributed by atoms with van der Waals surface area (Å²) >= 11 is 0. The van der Waals surface area contributed by atoms with Gasteiger partial charge in [-0.1, -0.05) is 24.1 Å². The summed E-state index contributed by atoms with van der Waals surface area (Å²) in [5.74, 6) is 4.30. The number of carbonyl (C=O) groups excluding carboxylic acids is 1. The highest BCUT2D eigenvalue weighted by molar-refractivity contribution is 5.73. The summed E-state index contributed by atoms with van der Waals surface area (Å²) in [6.07, 6.45) is 5.19. The molecule has 0 radical (unpaired) electrons. The fraction of sp³-hybridized carbons (Fsp3) is 0.294. The summed E-state index contributed by atoms with van der Waals surface area (Å²) in [5, 5.41) is 5.45. The van der Waals surface area contributed by atoms with Crippen molar-refractivity contribution in [3.8, 4) is 18.1 Å². The van der Waals surface area contributed by atoms with Crippen LogP contribution in [0, 0.1) is 26.2 Å². The Morgan fingerprint density at radius 3 is 2.74 bits per heavy atom. The van der Waals surface area contributed by atoms with E-state index in [2.05, 4.69) is 21.5 Å². The number of urea groups is 1. The van der Waals surface area contributed by atoms with Gasteiger partial charge >= 0.3 is 6.03 Å². The molecule has 0 aliphatic heterocycles. The molecule has 23 heavy (non-hydrogen) atoms. The third kappa shape index (κ3) is 4.78. The summed E-state index contributed by atoms with van der Waals surface area (Å²) in [7, 11) is 0. The number of terminal acetylenes is 1. The van der Waals surface area contributed by atoms with Crippen LogP contribution in [0.25, 0.3) is 0 Å². The smallest absolute Gasteiger partial charge is 0.315 e. The van der Waals surface area contributed by atoms with Crippen molar-refractivity contribution >= 4 is 6.03 Å². The summed E-state index contributed by atoms with van der Waals surface area (Å²) in [6, 6.07) is 7.08. The number of ether oxygens (including phenoxy) is 1. The van der Waals surface area contributed by atoms with Gasteiger partial charge in [-0.2, -0.15) is 0 Å². The van der Waals surface area contributed by atoms with Crippen LogP contribution in [-0.4, -0.2) is 17.6 Å². The zero-order valence-electron chi connectivity index (χ0n) is 13.2. The molecule has 0 bridgehead atoms. The summed E-state index contributed by atoms with van der Waals surface area (Å²) < 4.78 is 10.8. The van der Waals surface area contributed by atoms with Gasteiger partial charge in [-0.3, -0.25) is 0 Å². The minimum Gasteiger partial charge on any atom is -0.481 e. The number of oxazole rings is 1. The first kappa shape index (κ1) is 16.4. The normalized spacial score (nSPS) is 9.96. The lowest BCUT2D eigenvalue weighted by Gasteiger charge is -2.10. The van der Waals surface area contributed by atoms with Crippen LogP contribution in [0.5, 0.6) is 5.75 Å². The van der Waals surface area contributed by atoms with Crippen LogP contribution in [0.4, 0.5) is 4.79 Å². The topological polar surface area (TPSA) is 76.4 Å². The van der Waals surface area contributed by atoms with Crippen molar-refractivity contribution in [3.05, 3.63) is 47.2 Å². The number of aromatic nitrogens is 1. The average molecular weight is 313 g/mol. The first-order chi connectivity index (χ1) is 11.1. The van der Waals surface area contributed by atoms with Gasteiger partial charge in [0.25, 0.3) is 0 Å². The second kappa shape index (κ2) is 7.90. The molecule has 2 rings (SSSR count). The SMILES string of the molecule is C#CCOc1ccccc1CNC(=O)NCc1nc(C)c(C)o1. The van der Waals surface area contributed by atoms with E-state index in [1.54, 1.807) is 0 Å². The molecule has 0 atom stereocenters. The summed E-state index contributed by atoms with van der Waals surface area (Å²) in [6.45, 7) is 4.44. The minimum atomic E-state index is -0.315. The Bertz CT molecular complexity index is 697. The van der Waals surface area contributed by atoms with Gasteiger partial charge in [0.15, 0.2) is 0 Å². The van der Waals surface area contributed by atoms with Crippen LogP contribution in [0.1, 0.15) is 22.9 Å². The van der Waals surface area contributed by atoms with Gasteiger partial charge in [0.1, 0.15) is 18.1 Å². The first-order valence-corrected chi connectivity index (χ1v) is 7.19. The predicted octanol–water partition coefficient (Wildman–Crippen LogP) is 2.30. The molecule has 0 aliphatic carbocycles. The highest BCUT2D eigenvalue weighted by Gasteiger charge is 2.08. The Hall–Kier alpha value is -2.94. The average Bonchev–Trinajstić information content (AvgIpc) is 2.88. The molecule has 0 unspecified atom stereocenters. The highest BCUT2D eigenvalue weighted by Crippen LogP contribution is 2.17. The van der Waals surface area contributed by atoms with Gasteiger partial charge < -0.3 is 19.8 Å². The molecule has 6 nitrogen and oxygen atoms in total. The zero-order chi connectivity index (χ0) is 16.7. The van der Waals surface area contributed by atoms with Gasteiger partial charge in [0.05, 0.1) is 12.2 Å². The third-order valence-electron chi connectivity index (χ3n) is 3.20. The van der Waals surface area contributed by atoms with Crippen LogP contribution >= 0.6 is 0 Å². The molecule has 120 valence electrons. The van der Waals surface area contributed by atoms with E-state index >= 15 is 0 Å². The van der Waals surface area contributed by atoms with E-state index < -0.39 is 0 Å². The van der Waals surface area contributed by atoms with Gasteiger partial charge in [-0.05, 0) is 19.9 Å². The Morgan fingerprint density at radius 1 is 1.30 bits per heavy atom. The number of aryl methyl sites for hydroxylation is 2. The molecule has 1 heterocycles. The molecule has 0 fully saturated rings. The lowest BCUT2D eigenvalue weighted by molar-refractivity contribution is 0.238. The monoisotopic (exact) mass is 313 g/mol. The van der Waals surface area contributed by atoms with E-state index in [4.69, 9.17) is 15.6 Å². The second-order valence-electron chi connectivity index (χ2n) is 4.89. The Balaban J connectivity index is 1.83. The molecule has 1 aromatic carbocycles. The molecule has 2 N–H and O–H groups in total. The third-order valence-corrected chi connectivity index (χ3v) is 3.20. The van der Waals surface area contributed by atoms with Crippen molar-refractivity contribution in [1.82, 2.24) is 15.6 Å². The highest BCUT2D eigenvalue weighted by atomic mass is 16.5. The van der Waals surface area contributed by atoms with E-state index in [-0.39, 0.29) is 19.2 Å². The van der Waals surface area contributed by atoms with Crippen LogP contribution in [0.3, 0.4) is 0 Å². The van der Waals surface area contributed by atoms with E-state index in [1.807, 2.05) is 38.1 Å². The number of hydrogen-bond acceptors (Lipinski definition) is 4. The zero-order valence-corrected chi connectivity index (χ0v) is 13.2. The second-order valence-corrected chi connectivity index (χ2v) is 4.89. The molecular weight excluding hydrogens is 294 g/mol. The number of rotatable bonds is 6.